The highest BCUT2D eigenvalue weighted by Gasteiger charge is 2.42. The standard InChI is InChI=1S/C15H17N5O3/c1-9-18-14(23-19-9)13-6-11-8-20(5-3-12(11)22-13)15(21)10-2-4-16-17-7-10/h2,4,7,11-13H,3,5-6,8H2,1H3/t11-,12-,13+/m0/s1. The number of hydrogen-bond donors (Lipinski definition) is 0. The van der Waals surface area contributed by atoms with Crippen LogP contribution in [0.4, 0.5) is 0 Å². The molecule has 3 atom stereocenters. The van der Waals surface area contributed by atoms with Crippen LogP contribution in [-0.2, 0) is 4.74 Å². The molecular formula is C15H17N5O3. The van der Waals surface area contributed by atoms with Gasteiger partial charge < -0.3 is 14.2 Å². The van der Waals surface area contributed by atoms with Crippen molar-refractivity contribution in [3.63, 3.8) is 0 Å². The number of aromatic nitrogens is 4. The Labute approximate surface area is 132 Å². The lowest BCUT2D eigenvalue weighted by Gasteiger charge is -2.33. The van der Waals surface area contributed by atoms with E-state index in [1.807, 2.05) is 4.90 Å². The second kappa shape index (κ2) is 5.69. The third-order valence-electron chi connectivity index (χ3n) is 4.46. The van der Waals surface area contributed by atoms with Crippen molar-refractivity contribution in [2.24, 2.45) is 5.92 Å². The van der Waals surface area contributed by atoms with E-state index in [-0.39, 0.29) is 18.1 Å². The Morgan fingerprint density at radius 3 is 3.04 bits per heavy atom. The van der Waals surface area contributed by atoms with E-state index < -0.39 is 0 Å². The van der Waals surface area contributed by atoms with E-state index in [0.29, 0.717) is 36.3 Å². The third kappa shape index (κ3) is 2.70. The number of likely N-dealkylation sites (tertiary alicyclic amines) is 1. The lowest BCUT2D eigenvalue weighted by Crippen LogP contribution is -2.44. The number of nitrogens with zero attached hydrogens (tertiary/aromatic N) is 5. The molecule has 1 amide bonds. The largest absolute Gasteiger partial charge is 0.365 e. The number of ether oxygens (including phenoxy) is 1. The second-order valence-corrected chi connectivity index (χ2v) is 6.01. The summed E-state index contributed by atoms with van der Waals surface area (Å²) in [5.74, 6) is 1.43. The van der Waals surface area contributed by atoms with Gasteiger partial charge in [0.2, 0.25) is 0 Å². The number of fused-ring (bicyclic) bond motifs is 1. The molecule has 0 unspecified atom stereocenters. The van der Waals surface area contributed by atoms with Gasteiger partial charge in [-0.05, 0) is 25.8 Å². The van der Waals surface area contributed by atoms with Gasteiger partial charge in [0.15, 0.2) is 5.82 Å². The van der Waals surface area contributed by atoms with Gasteiger partial charge >= 0.3 is 0 Å². The summed E-state index contributed by atoms with van der Waals surface area (Å²) in [6.07, 6.45) is 4.63. The highest BCUT2D eigenvalue weighted by atomic mass is 16.5. The predicted octanol–water partition coefficient (Wildman–Crippen LogP) is 1.16. The van der Waals surface area contributed by atoms with Gasteiger partial charge in [-0.15, -0.1) is 0 Å². The monoisotopic (exact) mass is 315 g/mol. The molecule has 2 fully saturated rings. The van der Waals surface area contributed by atoms with Gasteiger partial charge in [-0.25, -0.2) is 0 Å². The number of carbonyl (C=O) groups is 1. The van der Waals surface area contributed by atoms with Crippen molar-refractivity contribution in [2.75, 3.05) is 13.1 Å². The molecule has 2 aliphatic rings. The van der Waals surface area contributed by atoms with Crippen molar-refractivity contribution in [3.05, 3.63) is 35.7 Å². The molecule has 0 saturated carbocycles. The Morgan fingerprint density at radius 2 is 2.30 bits per heavy atom. The van der Waals surface area contributed by atoms with Gasteiger partial charge in [-0.3, -0.25) is 4.79 Å². The first-order chi connectivity index (χ1) is 11.2. The van der Waals surface area contributed by atoms with Gasteiger partial charge in [0.05, 0.1) is 24.1 Å². The average molecular weight is 315 g/mol. The van der Waals surface area contributed by atoms with E-state index in [4.69, 9.17) is 9.26 Å². The number of piperidine rings is 1. The minimum absolute atomic E-state index is 0.00423. The van der Waals surface area contributed by atoms with Crippen LogP contribution in [0.25, 0.3) is 0 Å². The van der Waals surface area contributed by atoms with E-state index in [1.165, 1.54) is 12.4 Å². The molecule has 2 aromatic heterocycles. The lowest BCUT2D eigenvalue weighted by atomic mass is 9.92. The molecule has 0 spiro atoms. The van der Waals surface area contributed by atoms with Crippen molar-refractivity contribution in [2.45, 2.75) is 32.0 Å². The molecule has 23 heavy (non-hydrogen) atoms. The SMILES string of the molecule is Cc1noc([C@H]2C[C@H]3CN(C(=O)c4ccnnc4)CC[C@@H]3O2)n1. The van der Waals surface area contributed by atoms with E-state index in [9.17, 15) is 4.79 Å². The fourth-order valence-electron chi connectivity index (χ4n) is 3.34. The van der Waals surface area contributed by atoms with Crippen LogP contribution in [0.5, 0.6) is 0 Å². The van der Waals surface area contributed by atoms with Crippen molar-refractivity contribution in [1.82, 2.24) is 25.2 Å². The van der Waals surface area contributed by atoms with E-state index in [0.717, 1.165) is 12.8 Å². The fraction of sp³-hybridized carbons (Fsp3) is 0.533. The smallest absolute Gasteiger partial charge is 0.255 e. The molecule has 8 nitrogen and oxygen atoms in total. The lowest BCUT2D eigenvalue weighted by molar-refractivity contribution is -0.00777. The highest BCUT2D eigenvalue weighted by molar-refractivity contribution is 5.93. The molecule has 4 heterocycles. The number of amides is 1. The number of rotatable bonds is 2. The number of hydrogen-bond acceptors (Lipinski definition) is 7. The Balaban J connectivity index is 1.44. The maximum atomic E-state index is 12.5. The van der Waals surface area contributed by atoms with Crippen LogP contribution in [0.15, 0.2) is 23.0 Å². The molecule has 2 aromatic rings. The van der Waals surface area contributed by atoms with Crippen molar-refractivity contribution >= 4 is 5.91 Å². The zero-order chi connectivity index (χ0) is 15.8. The minimum Gasteiger partial charge on any atom is -0.365 e. The van der Waals surface area contributed by atoms with Crippen LogP contribution in [0.2, 0.25) is 0 Å². The van der Waals surface area contributed by atoms with Crippen molar-refractivity contribution < 1.29 is 14.1 Å². The van der Waals surface area contributed by atoms with Crippen LogP contribution >= 0.6 is 0 Å². The summed E-state index contributed by atoms with van der Waals surface area (Å²) in [5, 5.41) is 11.3. The number of carbonyl (C=O) groups excluding carboxylic acids is 1. The molecule has 0 radical (unpaired) electrons. The first-order valence-corrected chi connectivity index (χ1v) is 7.72. The summed E-state index contributed by atoms with van der Waals surface area (Å²) in [7, 11) is 0. The van der Waals surface area contributed by atoms with Crippen LogP contribution < -0.4 is 0 Å². The quantitative estimate of drug-likeness (QED) is 0.820. The maximum absolute atomic E-state index is 12.5. The maximum Gasteiger partial charge on any atom is 0.255 e. The van der Waals surface area contributed by atoms with E-state index in [2.05, 4.69) is 20.3 Å². The third-order valence-corrected chi connectivity index (χ3v) is 4.46. The molecule has 4 rings (SSSR count). The van der Waals surface area contributed by atoms with Crippen LogP contribution in [0.1, 0.15) is 41.0 Å². The molecule has 120 valence electrons. The highest BCUT2D eigenvalue weighted by Crippen LogP contribution is 2.40. The number of aryl methyl sites for hydroxylation is 1. The molecule has 2 aliphatic heterocycles. The van der Waals surface area contributed by atoms with Crippen molar-refractivity contribution in [1.29, 1.82) is 0 Å². The predicted molar refractivity (Wildman–Crippen MR) is 77.3 cm³/mol. The van der Waals surface area contributed by atoms with E-state index >= 15 is 0 Å². The first kappa shape index (κ1) is 14.3. The van der Waals surface area contributed by atoms with Gasteiger partial charge in [0.1, 0.15) is 6.10 Å². The van der Waals surface area contributed by atoms with Gasteiger partial charge in [-0.2, -0.15) is 15.2 Å². The summed E-state index contributed by atoms with van der Waals surface area (Å²) in [4.78, 5) is 18.6. The molecule has 2 saturated heterocycles. The molecule has 0 aliphatic carbocycles. The molecular weight excluding hydrogens is 298 g/mol. The topological polar surface area (TPSA) is 94.2 Å². The minimum atomic E-state index is -0.163. The van der Waals surface area contributed by atoms with Crippen molar-refractivity contribution in [3.8, 4) is 0 Å². The molecule has 8 heteroatoms. The molecule has 0 aromatic carbocycles. The average Bonchev–Trinajstić information content (AvgIpc) is 3.20. The first-order valence-electron chi connectivity index (χ1n) is 7.72. The molecule has 0 N–H and O–H groups in total. The summed E-state index contributed by atoms with van der Waals surface area (Å²) in [6.45, 7) is 3.14. The Morgan fingerprint density at radius 1 is 1.39 bits per heavy atom. The Kier molecular flexibility index (Phi) is 3.53. The van der Waals surface area contributed by atoms with Crippen LogP contribution in [0, 0.1) is 12.8 Å². The summed E-state index contributed by atoms with van der Waals surface area (Å²) in [5.41, 5.74) is 0.571. The molecule has 0 bridgehead atoms. The summed E-state index contributed by atoms with van der Waals surface area (Å²) < 4.78 is 11.3. The van der Waals surface area contributed by atoms with Gasteiger partial charge in [-0.1, -0.05) is 5.16 Å². The zero-order valence-electron chi connectivity index (χ0n) is 12.8. The summed E-state index contributed by atoms with van der Waals surface area (Å²) >= 11 is 0. The van der Waals surface area contributed by atoms with Gasteiger partial charge in [0.25, 0.3) is 11.8 Å². The van der Waals surface area contributed by atoms with Crippen LogP contribution in [0.3, 0.4) is 0 Å². The fourth-order valence-corrected chi connectivity index (χ4v) is 3.34. The zero-order valence-corrected chi connectivity index (χ0v) is 12.8. The normalized spacial score (nSPS) is 27.0. The Bertz CT molecular complexity index is 704. The van der Waals surface area contributed by atoms with E-state index in [1.54, 1.807) is 13.0 Å². The Hall–Kier alpha value is -2.35. The van der Waals surface area contributed by atoms with Gasteiger partial charge in [0, 0.05) is 19.0 Å². The summed E-state index contributed by atoms with van der Waals surface area (Å²) in [6, 6.07) is 1.69. The van der Waals surface area contributed by atoms with Crippen LogP contribution in [-0.4, -0.2) is 50.3 Å². The second-order valence-electron chi connectivity index (χ2n) is 6.01.